The lowest BCUT2D eigenvalue weighted by molar-refractivity contribution is 0.942. The molecule has 0 radical (unpaired) electrons. The average Bonchev–Trinajstić information content (AvgIpc) is 2.68. The second kappa shape index (κ2) is 4.35. The molecule has 0 unspecified atom stereocenters. The Morgan fingerprint density at radius 3 is 2.73 bits per heavy atom. The maximum Gasteiger partial charge on any atom is 0.213 e. The van der Waals surface area contributed by atoms with Crippen LogP contribution in [0.4, 0.5) is 10.9 Å². The van der Waals surface area contributed by atoms with Crippen molar-refractivity contribution in [2.75, 3.05) is 11.4 Å². The second-order valence-corrected chi connectivity index (χ2v) is 4.20. The zero-order valence-electron chi connectivity index (χ0n) is 8.71. The molecule has 0 N–H and O–H groups in total. The van der Waals surface area contributed by atoms with Gasteiger partial charge in [0.25, 0.3) is 0 Å². The summed E-state index contributed by atoms with van der Waals surface area (Å²) in [4.78, 5) is 6.35. The van der Waals surface area contributed by atoms with E-state index < -0.39 is 0 Å². The minimum atomic E-state index is 0.839. The number of pyridine rings is 1. The minimum absolute atomic E-state index is 0.839. The van der Waals surface area contributed by atoms with Gasteiger partial charge in [-0.2, -0.15) is 0 Å². The molecule has 0 saturated carbocycles. The monoisotopic (exact) mass is 220 g/mol. The van der Waals surface area contributed by atoms with E-state index in [0.717, 1.165) is 22.5 Å². The molecular weight excluding hydrogens is 208 g/mol. The number of hydrogen-bond donors (Lipinski definition) is 0. The molecular formula is C10H12N4S. The third-order valence-electron chi connectivity index (χ3n) is 1.99. The summed E-state index contributed by atoms with van der Waals surface area (Å²) >= 11 is 1.58. The molecule has 78 valence electrons. The van der Waals surface area contributed by atoms with E-state index >= 15 is 0 Å². The number of nitrogens with zero attached hydrogens (tertiary/aromatic N) is 4. The van der Waals surface area contributed by atoms with Gasteiger partial charge in [-0.1, -0.05) is 17.4 Å². The van der Waals surface area contributed by atoms with Gasteiger partial charge in [0.2, 0.25) is 5.13 Å². The summed E-state index contributed by atoms with van der Waals surface area (Å²) < 4.78 is 0. The van der Waals surface area contributed by atoms with Crippen LogP contribution >= 0.6 is 11.3 Å². The first-order chi connectivity index (χ1) is 7.31. The molecule has 2 aromatic heterocycles. The Bertz CT molecular complexity index is 426. The van der Waals surface area contributed by atoms with Crippen LogP contribution < -0.4 is 4.90 Å². The molecule has 0 aliphatic carbocycles. The van der Waals surface area contributed by atoms with Gasteiger partial charge in [0.15, 0.2) is 0 Å². The molecule has 0 aromatic carbocycles. The summed E-state index contributed by atoms with van der Waals surface area (Å²) in [7, 11) is 0. The highest BCUT2D eigenvalue weighted by Crippen LogP contribution is 2.25. The summed E-state index contributed by atoms with van der Waals surface area (Å²) in [6, 6.07) is 5.85. The van der Waals surface area contributed by atoms with Gasteiger partial charge in [0, 0.05) is 12.7 Å². The largest absolute Gasteiger partial charge is 0.301 e. The quantitative estimate of drug-likeness (QED) is 0.796. The lowest BCUT2D eigenvalue weighted by Gasteiger charge is -2.17. The van der Waals surface area contributed by atoms with Gasteiger partial charge in [0.1, 0.15) is 10.8 Å². The normalized spacial score (nSPS) is 10.3. The summed E-state index contributed by atoms with van der Waals surface area (Å²) in [5.74, 6) is 0.913. The standard InChI is InChI=1S/C10H12N4S/c1-3-14(9-6-4-5-7-11-9)10-13-12-8(2)15-10/h4-7H,3H2,1-2H3. The van der Waals surface area contributed by atoms with Crippen LogP contribution in [0.2, 0.25) is 0 Å². The first-order valence-corrected chi connectivity index (χ1v) is 5.61. The molecule has 4 nitrogen and oxygen atoms in total. The van der Waals surface area contributed by atoms with Gasteiger partial charge < -0.3 is 4.90 Å². The highest BCUT2D eigenvalue weighted by molar-refractivity contribution is 7.15. The van der Waals surface area contributed by atoms with Crippen LogP contribution in [0, 0.1) is 6.92 Å². The van der Waals surface area contributed by atoms with E-state index in [1.165, 1.54) is 0 Å². The van der Waals surface area contributed by atoms with Crippen molar-refractivity contribution in [1.82, 2.24) is 15.2 Å². The maximum absolute atomic E-state index is 4.30. The summed E-state index contributed by atoms with van der Waals surface area (Å²) in [6.07, 6.45) is 1.78. The lowest BCUT2D eigenvalue weighted by atomic mass is 10.4. The summed E-state index contributed by atoms with van der Waals surface area (Å²) in [6.45, 7) is 4.87. The third-order valence-corrected chi connectivity index (χ3v) is 2.85. The predicted octanol–water partition coefficient (Wildman–Crippen LogP) is 2.40. The van der Waals surface area contributed by atoms with E-state index in [4.69, 9.17) is 0 Å². The van der Waals surface area contributed by atoms with E-state index in [0.29, 0.717) is 0 Å². The van der Waals surface area contributed by atoms with Crippen molar-refractivity contribution >= 4 is 22.3 Å². The van der Waals surface area contributed by atoms with Crippen molar-refractivity contribution < 1.29 is 0 Å². The zero-order chi connectivity index (χ0) is 10.7. The van der Waals surface area contributed by atoms with Crippen LogP contribution in [0.3, 0.4) is 0 Å². The SMILES string of the molecule is CCN(c1ccccn1)c1nnc(C)s1. The van der Waals surface area contributed by atoms with Crippen molar-refractivity contribution in [2.45, 2.75) is 13.8 Å². The lowest BCUT2D eigenvalue weighted by Crippen LogP contribution is -2.16. The fourth-order valence-corrected chi connectivity index (χ4v) is 2.06. The van der Waals surface area contributed by atoms with Gasteiger partial charge in [-0.15, -0.1) is 10.2 Å². The molecule has 0 amide bonds. The average molecular weight is 220 g/mol. The molecule has 5 heteroatoms. The van der Waals surface area contributed by atoms with E-state index in [1.54, 1.807) is 17.5 Å². The highest BCUT2D eigenvalue weighted by Gasteiger charge is 2.11. The van der Waals surface area contributed by atoms with Gasteiger partial charge in [0.05, 0.1) is 0 Å². The number of hydrogen-bond acceptors (Lipinski definition) is 5. The molecule has 15 heavy (non-hydrogen) atoms. The van der Waals surface area contributed by atoms with Crippen LogP contribution in [0.15, 0.2) is 24.4 Å². The molecule has 0 aliphatic rings. The Morgan fingerprint density at radius 1 is 1.33 bits per heavy atom. The maximum atomic E-state index is 4.30. The van der Waals surface area contributed by atoms with Gasteiger partial charge in [-0.05, 0) is 26.0 Å². The van der Waals surface area contributed by atoms with Crippen LogP contribution in [0.1, 0.15) is 11.9 Å². The van der Waals surface area contributed by atoms with Crippen molar-refractivity contribution in [1.29, 1.82) is 0 Å². The van der Waals surface area contributed by atoms with Crippen molar-refractivity contribution in [3.63, 3.8) is 0 Å². The van der Waals surface area contributed by atoms with Crippen molar-refractivity contribution in [3.05, 3.63) is 29.4 Å². The predicted molar refractivity (Wildman–Crippen MR) is 61.6 cm³/mol. The van der Waals surface area contributed by atoms with E-state index in [-0.39, 0.29) is 0 Å². The van der Waals surface area contributed by atoms with E-state index in [9.17, 15) is 0 Å². The topological polar surface area (TPSA) is 41.9 Å². The van der Waals surface area contributed by atoms with E-state index in [2.05, 4.69) is 22.1 Å². The molecule has 0 aliphatic heterocycles. The highest BCUT2D eigenvalue weighted by atomic mass is 32.1. The molecule has 0 atom stereocenters. The number of rotatable bonds is 3. The molecule has 2 aromatic rings. The van der Waals surface area contributed by atoms with Crippen LogP contribution in [0.5, 0.6) is 0 Å². The van der Waals surface area contributed by atoms with Crippen LogP contribution in [-0.4, -0.2) is 21.7 Å². The Balaban J connectivity index is 2.33. The minimum Gasteiger partial charge on any atom is -0.301 e. The third kappa shape index (κ3) is 2.12. The van der Waals surface area contributed by atoms with Crippen molar-refractivity contribution in [2.24, 2.45) is 0 Å². The Labute approximate surface area is 92.6 Å². The fourth-order valence-electron chi connectivity index (χ4n) is 1.30. The molecule has 0 fully saturated rings. The number of anilines is 2. The van der Waals surface area contributed by atoms with Gasteiger partial charge in [-0.3, -0.25) is 0 Å². The van der Waals surface area contributed by atoms with Gasteiger partial charge in [-0.25, -0.2) is 4.98 Å². The molecule has 0 spiro atoms. The Morgan fingerprint density at radius 2 is 2.20 bits per heavy atom. The van der Waals surface area contributed by atoms with Crippen molar-refractivity contribution in [3.8, 4) is 0 Å². The fraction of sp³-hybridized carbons (Fsp3) is 0.300. The Kier molecular flexibility index (Phi) is 2.91. The van der Waals surface area contributed by atoms with E-state index in [1.807, 2.05) is 30.0 Å². The molecule has 0 bridgehead atoms. The first-order valence-electron chi connectivity index (χ1n) is 4.80. The first kappa shape index (κ1) is 10.0. The van der Waals surface area contributed by atoms with Gasteiger partial charge >= 0.3 is 0 Å². The molecule has 0 saturated heterocycles. The number of aromatic nitrogens is 3. The number of aryl methyl sites for hydroxylation is 1. The smallest absolute Gasteiger partial charge is 0.213 e. The van der Waals surface area contributed by atoms with Crippen LogP contribution in [0.25, 0.3) is 0 Å². The summed E-state index contributed by atoms with van der Waals surface area (Å²) in [5.41, 5.74) is 0. The second-order valence-electron chi connectivity index (χ2n) is 3.04. The zero-order valence-corrected chi connectivity index (χ0v) is 9.53. The Hall–Kier alpha value is -1.49. The summed E-state index contributed by atoms with van der Waals surface area (Å²) in [5, 5.41) is 10.00. The molecule has 2 heterocycles. The molecule has 2 rings (SSSR count). The van der Waals surface area contributed by atoms with Crippen LogP contribution in [-0.2, 0) is 0 Å².